The van der Waals surface area contributed by atoms with Crippen LogP contribution in [0.2, 0.25) is 0 Å². The minimum Gasteiger partial charge on any atom is -0.275 e. The first-order chi connectivity index (χ1) is 7.57. The van der Waals surface area contributed by atoms with Crippen molar-refractivity contribution >= 4 is 29.6 Å². The standard InChI is InChI=1S/C9H13FN2O3S/c1-16-5-3-2-4-12-8(14)6(10)7(13)11-9(12)15/h6H,2-5H2,1H3,(H,11,13,15). The summed E-state index contributed by atoms with van der Waals surface area (Å²) in [5, 5.41) is 1.80. The third kappa shape index (κ3) is 2.94. The zero-order chi connectivity index (χ0) is 12.1. The fourth-order valence-electron chi connectivity index (χ4n) is 1.31. The molecular weight excluding hydrogens is 235 g/mol. The van der Waals surface area contributed by atoms with E-state index >= 15 is 0 Å². The number of hydrogen-bond donors (Lipinski definition) is 1. The van der Waals surface area contributed by atoms with E-state index in [2.05, 4.69) is 0 Å². The van der Waals surface area contributed by atoms with Gasteiger partial charge in [-0.2, -0.15) is 11.8 Å². The molecule has 1 heterocycles. The first-order valence-corrected chi connectivity index (χ1v) is 6.26. The smallest absolute Gasteiger partial charge is 0.275 e. The summed E-state index contributed by atoms with van der Waals surface area (Å²) < 4.78 is 13.0. The van der Waals surface area contributed by atoms with Crippen molar-refractivity contribution < 1.29 is 18.8 Å². The lowest BCUT2D eigenvalue weighted by molar-refractivity contribution is -0.143. The van der Waals surface area contributed by atoms with Gasteiger partial charge in [0.2, 0.25) is 0 Å². The summed E-state index contributed by atoms with van der Waals surface area (Å²) >= 11 is 1.66. The van der Waals surface area contributed by atoms with Crippen molar-refractivity contribution in [2.75, 3.05) is 18.6 Å². The Bertz CT molecular complexity index is 311. The summed E-state index contributed by atoms with van der Waals surface area (Å²) in [4.78, 5) is 34.0. The fraction of sp³-hybridized carbons (Fsp3) is 0.667. The van der Waals surface area contributed by atoms with Crippen LogP contribution in [0.15, 0.2) is 0 Å². The van der Waals surface area contributed by atoms with Crippen LogP contribution >= 0.6 is 11.8 Å². The molecule has 0 aromatic carbocycles. The molecule has 90 valence electrons. The molecule has 0 aliphatic carbocycles. The van der Waals surface area contributed by atoms with Gasteiger partial charge in [0.15, 0.2) is 0 Å². The van der Waals surface area contributed by atoms with Crippen LogP contribution in [0.4, 0.5) is 9.18 Å². The van der Waals surface area contributed by atoms with Crippen LogP contribution in [0, 0.1) is 0 Å². The first kappa shape index (κ1) is 13.0. The molecule has 5 nitrogen and oxygen atoms in total. The normalized spacial score (nSPS) is 21.2. The molecule has 4 amide bonds. The number of unbranched alkanes of at least 4 members (excludes halogenated alkanes) is 1. The number of hydrogen-bond acceptors (Lipinski definition) is 4. The van der Waals surface area contributed by atoms with Gasteiger partial charge >= 0.3 is 6.03 Å². The van der Waals surface area contributed by atoms with Crippen LogP contribution in [0.1, 0.15) is 12.8 Å². The number of imide groups is 2. The predicted molar refractivity (Wildman–Crippen MR) is 57.8 cm³/mol. The Kier molecular flexibility index (Phi) is 4.72. The minimum atomic E-state index is -2.25. The van der Waals surface area contributed by atoms with Crippen molar-refractivity contribution in [1.29, 1.82) is 0 Å². The molecule has 7 heteroatoms. The second kappa shape index (κ2) is 5.83. The van der Waals surface area contributed by atoms with E-state index in [-0.39, 0.29) is 6.54 Å². The third-order valence-electron chi connectivity index (χ3n) is 2.17. The lowest BCUT2D eigenvalue weighted by Crippen LogP contribution is -2.59. The van der Waals surface area contributed by atoms with Crippen molar-refractivity contribution in [3.63, 3.8) is 0 Å². The van der Waals surface area contributed by atoms with Gasteiger partial charge in [-0.05, 0) is 24.9 Å². The number of amides is 4. The quantitative estimate of drug-likeness (QED) is 0.570. The molecule has 0 bridgehead atoms. The number of alkyl halides is 1. The summed E-state index contributed by atoms with van der Waals surface area (Å²) in [5.74, 6) is -1.31. The highest BCUT2D eigenvalue weighted by Crippen LogP contribution is 2.09. The monoisotopic (exact) mass is 248 g/mol. The maximum absolute atomic E-state index is 13.0. The van der Waals surface area contributed by atoms with Gasteiger partial charge in [0.25, 0.3) is 18.0 Å². The molecular formula is C9H13FN2O3S. The van der Waals surface area contributed by atoms with E-state index in [1.54, 1.807) is 17.1 Å². The third-order valence-corrected chi connectivity index (χ3v) is 2.87. The lowest BCUT2D eigenvalue weighted by Gasteiger charge is -2.26. The van der Waals surface area contributed by atoms with Gasteiger partial charge in [-0.15, -0.1) is 0 Å². The highest BCUT2D eigenvalue weighted by atomic mass is 32.2. The van der Waals surface area contributed by atoms with Crippen molar-refractivity contribution in [1.82, 2.24) is 10.2 Å². The Hall–Kier alpha value is -1.11. The second-order valence-corrected chi connectivity index (χ2v) is 4.33. The van der Waals surface area contributed by atoms with Gasteiger partial charge in [-0.1, -0.05) is 0 Å². The number of barbiturate groups is 1. The predicted octanol–water partition coefficient (Wildman–Crippen LogP) is 0.546. The number of nitrogens with zero attached hydrogens (tertiary/aromatic N) is 1. The number of halogens is 1. The zero-order valence-corrected chi connectivity index (χ0v) is 9.68. The van der Waals surface area contributed by atoms with Crippen LogP contribution in [0.25, 0.3) is 0 Å². The van der Waals surface area contributed by atoms with Gasteiger partial charge in [-0.25, -0.2) is 9.18 Å². The van der Waals surface area contributed by atoms with E-state index < -0.39 is 24.0 Å². The molecule has 0 spiro atoms. The van der Waals surface area contributed by atoms with Crippen LogP contribution in [-0.2, 0) is 9.59 Å². The molecule has 0 radical (unpaired) electrons. The number of nitrogens with one attached hydrogen (secondary N) is 1. The molecule has 1 N–H and O–H groups in total. The van der Waals surface area contributed by atoms with Crippen LogP contribution in [0.5, 0.6) is 0 Å². The van der Waals surface area contributed by atoms with Crippen LogP contribution in [0.3, 0.4) is 0 Å². The van der Waals surface area contributed by atoms with Crippen molar-refractivity contribution in [3.8, 4) is 0 Å². The molecule has 1 aliphatic rings. The maximum Gasteiger partial charge on any atom is 0.330 e. The number of carbonyl (C=O) groups is 3. The van der Waals surface area contributed by atoms with E-state index in [0.717, 1.165) is 17.1 Å². The van der Waals surface area contributed by atoms with Crippen molar-refractivity contribution in [2.45, 2.75) is 19.0 Å². The molecule has 16 heavy (non-hydrogen) atoms. The largest absolute Gasteiger partial charge is 0.330 e. The molecule has 1 fully saturated rings. The van der Waals surface area contributed by atoms with Crippen LogP contribution < -0.4 is 5.32 Å². The maximum atomic E-state index is 13.0. The average Bonchev–Trinajstić information content (AvgIpc) is 2.25. The Morgan fingerprint density at radius 1 is 1.38 bits per heavy atom. The number of urea groups is 1. The zero-order valence-electron chi connectivity index (χ0n) is 8.86. The highest BCUT2D eigenvalue weighted by molar-refractivity contribution is 7.98. The molecule has 1 unspecified atom stereocenters. The molecule has 0 saturated carbocycles. The molecule has 0 aromatic rings. The molecule has 1 atom stereocenters. The Morgan fingerprint density at radius 2 is 2.06 bits per heavy atom. The Morgan fingerprint density at radius 3 is 2.69 bits per heavy atom. The van der Waals surface area contributed by atoms with E-state index in [1.807, 2.05) is 6.26 Å². The van der Waals surface area contributed by atoms with E-state index in [9.17, 15) is 18.8 Å². The van der Waals surface area contributed by atoms with Crippen molar-refractivity contribution in [3.05, 3.63) is 0 Å². The summed E-state index contributed by atoms with van der Waals surface area (Å²) in [5.41, 5.74) is 0. The highest BCUT2D eigenvalue weighted by Gasteiger charge is 2.40. The van der Waals surface area contributed by atoms with Crippen molar-refractivity contribution in [2.24, 2.45) is 0 Å². The van der Waals surface area contributed by atoms with E-state index in [4.69, 9.17) is 0 Å². The lowest BCUT2D eigenvalue weighted by atomic mass is 10.2. The summed E-state index contributed by atoms with van der Waals surface area (Å²) in [7, 11) is 0. The van der Waals surface area contributed by atoms with E-state index in [1.165, 1.54) is 0 Å². The Labute approximate surface area is 96.7 Å². The number of carbonyl (C=O) groups excluding carboxylic acids is 3. The number of thioether (sulfide) groups is 1. The topological polar surface area (TPSA) is 66.5 Å². The molecule has 1 aliphatic heterocycles. The minimum absolute atomic E-state index is 0.152. The van der Waals surface area contributed by atoms with E-state index in [0.29, 0.717) is 6.42 Å². The first-order valence-electron chi connectivity index (χ1n) is 4.87. The summed E-state index contributed by atoms with van der Waals surface area (Å²) in [6.07, 6.45) is 1.15. The SMILES string of the molecule is CSCCCCN1C(=O)NC(=O)C(F)C1=O. The summed E-state index contributed by atoms with van der Waals surface area (Å²) in [6.45, 7) is 0.152. The Balaban J connectivity index is 2.48. The van der Waals surface area contributed by atoms with Crippen LogP contribution in [-0.4, -0.2) is 47.5 Å². The average molecular weight is 248 g/mol. The summed E-state index contributed by atoms with van der Waals surface area (Å²) in [6, 6.07) is -0.826. The number of rotatable bonds is 5. The van der Waals surface area contributed by atoms with Gasteiger partial charge in [0, 0.05) is 6.54 Å². The van der Waals surface area contributed by atoms with Gasteiger partial charge in [-0.3, -0.25) is 19.8 Å². The fourth-order valence-corrected chi connectivity index (χ4v) is 1.81. The van der Waals surface area contributed by atoms with Gasteiger partial charge < -0.3 is 0 Å². The molecule has 1 rings (SSSR count). The van der Waals surface area contributed by atoms with Gasteiger partial charge in [0.05, 0.1) is 0 Å². The second-order valence-electron chi connectivity index (χ2n) is 3.35. The van der Waals surface area contributed by atoms with Gasteiger partial charge in [0.1, 0.15) is 0 Å². The molecule has 0 aromatic heterocycles. The molecule has 1 saturated heterocycles.